The first-order chi connectivity index (χ1) is 16.0. The average Bonchev–Trinajstić information content (AvgIpc) is 3.25. The Balaban J connectivity index is 1.28. The van der Waals surface area contributed by atoms with Crippen LogP contribution in [0.1, 0.15) is 40.6 Å². The number of benzene rings is 2. The van der Waals surface area contributed by atoms with Crippen LogP contribution in [0.25, 0.3) is 11.1 Å². The van der Waals surface area contributed by atoms with Crippen LogP contribution in [-0.2, 0) is 6.54 Å². The molecule has 8 heteroatoms. The lowest BCUT2D eigenvalue weighted by Crippen LogP contribution is -2.38. The quantitative estimate of drug-likeness (QED) is 0.393. The Hall–Kier alpha value is -3.09. The van der Waals surface area contributed by atoms with Crippen LogP contribution >= 0.6 is 23.2 Å². The van der Waals surface area contributed by atoms with Gasteiger partial charge in [0, 0.05) is 41.3 Å². The molecule has 0 saturated carbocycles. The zero-order valence-electron chi connectivity index (χ0n) is 17.7. The van der Waals surface area contributed by atoms with E-state index in [2.05, 4.69) is 4.98 Å². The number of carbonyl (C=O) groups excluding carboxylic acids is 1. The normalized spacial score (nSPS) is 14.7. The molecular formula is C25H21Cl2N3O3. The number of aromatic nitrogens is 2. The van der Waals surface area contributed by atoms with Gasteiger partial charge >= 0.3 is 0 Å². The van der Waals surface area contributed by atoms with Crippen molar-refractivity contribution in [2.75, 3.05) is 13.1 Å². The molecule has 0 N–H and O–H groups in total. The Bertz CT molecular complexity index is 1390. The van der Waals surface area contributed by atoms with Gasteiger partial charge in [0.25, 0.3) is 11.5 Å². The molecule has 0 aliphatic carbocycles. The zero-order valence-corrected chi connectivity index (χ0v) is 19.2. The fourth-order valence-corrected chi connectivity index (χ4v) is 4.56. The molecule has 33 heavy (non-hydrogen) atoms. The second-order valence-electron chi connectivity index (χ2n) is 8.21. The van der Waals surface area contributed by atoms with Crippen LogP contribution in [0.15, 0.2) is 70.0 Å². The summed E-state index contributed by atoms with van der Waals surface area (Å²) < 4.78 is 7.43. The van der Waals surface area contributed by atoms with Gasteiger partial charge in [0.05, 0.1) is 12.1 Å². The van der Waals surface area contributed by atoms with Crippen molar-refractivity contribution < 1.29 is 9.21 Å². The van der Waals surface area contributed by atoms with E-state index in [0.717, 1.165) is 23.9 Å². The number of rotatable bonds is 4. The Morgan fingerprint density at radius 2 is 1.85 bits per heavy atom. The van der Waals surface area contributed by atoms with Gasteiger partial charge in [0.15, 0.2) is 11.5 Å². The second kappa shape index (κ2) is 9.04. The first-order valence-corrected chi connectivity index (χ1v) is 11.5. The summed E-state index contributed by atoms with van der Waals surface area (Å²) in [7, 11) is 0. The highest BCUT2D eigenvalue weighted by atomic mass is 35.5. The third-order valence-corrected chi connectivity index (χ3v) is 6.63. The molecule has 0 spiro atoms. The first-order valence-electron chi connectivity index (χ1n) is 10.8. The Labute approximate surface area is 200 Å². The van der Waals surface area contributed by atoms with Gasteiger partial charge in [-0.3, -0.25) is 9.59 Å². The van der Waals surface area contributed by atoms with Crippen molar-refractivity contribution in [2.24, 2.45) is 0 Å². The van der Waals surface area contributed by atoms with Gasteiger partial charge in [0.2, 0.25) is 0 Å². The van der Waals surface area contributed by atoms with E-state index in [1.54, 1.807) is 30.5 Å². The smallest absolute Gasteiger partial charge is 0.255 e. The molecule has 0 unspecified atom stereocenters. The van der Waals surface area contributed by atoms with Gasteiger partial charge in [-0.25, -0.2) is 4.98 Å². The fraction of sp³-hybridized carbons (Fsp3) is 0.240. The highest BCUT2D eigenvalue weighted by Crippen LogP contribution is 2.31. The molecule has 1 aliphatic heterocycles. The Morgan fingerprint density at radius 3 is 2.64 bits per heavy atom. The summed E-state index contributed by atoms with van der Waals surface area (Å²) in [5.74, 6) is 0.743. The number of nitrogens with zero attached hydrogens (tertiary/aromatic N) is 3. The number of piperidine rings is 1. The Kier molecular flexibility index (Phi) is 5.96. The summed E-state index contributed by atoms with van der Waals surface area (Å²) in [6.07, 6.45) is 3.13. The summed E-state index contributed by atoms with van der Waals surface area (Å²) in [5.41, 5.74) is 2.59. The maximum Gasteiger partial charge on any atom is 0.255 e. The third kappa shape index (κ3) is 4.54. The highest BCUT2D eigenvalue weighted by molar-refractivity contribution is 6.31. The van der Waals surface area contributed by atoms with Gasteiger partial charge in [-0.1, -0.05) is 41.4 Å². The largest absolute Gasteiger partial charge is 0.440 e. The molecular weight excluding hydrogens is 461 g/mol. The van der Waals surface area contributed by atoms with Crippen LogP contribution < -0.4 is 5.56 Å². The van der Waals surface area contributed by atoms with Crippen molar-refractivity contribution in [3.63, 3.8) is 0 Å². The van der Waals surface area contributed by atoms with E-state index < -0.39 is 0 Å². The molecule has 3 heterocycles. The molecule has 1 saturated heterocycles. The summed E-state index contributed by atoms with van der Waals surface area (Å²) in [6.45, 7) is 1.49. The van der Waals surface area contributed by atoms with Crippen LogP contribution in [0.4, 0.5) is 0 Å². The zero-order chi connectivity index (χ0) is 22.9. The monoisotopic (exact) mass is 481 g/mol. The number of amides is 1. The van der Waals surface area contributed by atoms with Crippen molar-refractivity contribution in [1.29, 1.82) is 0 Å². The van der Waals surface area contributed by atoms with E-state index in [-0.39, 0.29) is 17.4 Å². The lowest BCUT2D eigenvalue weighted by atomic mass is 9.96. The predicted octanol–water partition coefficient (Wildman–Crippen LogP) is 5.36. The SMILES string of the molecule is O=C(c1ccc(=O)n(Cc2ccccc2Cl)c1)N1CCC(c2nc3cc(Cl)ccc3o2)CC1. The van der Waals surface area contributed by atoms with Gasteiger partial charge < -0.3 is 13.9 Å². The van der Waals surface area contributed by atoms with Crippen LogP contribution in [0.5, 0.6) is 0 Å². The maximum absolute atomic E-state index is 13.1. The number of fused-ring (bicyclic) bond motifs is 1. The van der Waals surface area contributed by atoms with E-state index in [4.69, 9.17) is 27.6 Å². The minimum atomic E-state index is -0.179. The molecule has 168 valence electrons. The molecule has 1 aliphatic rings. The molecule has 2 aromatic heterocycles. The first kappa shape index (κ1) is 21.7. The highest BCUT2D eigenvalue weighted by Gasteiger charge is 2.28. The van der Waals surface area contributed by atoms with Crippen molar-refractivity contribution >= 4 is 40.2 Å². The molecule has 1 fully saturated rings. The molecule has 0 radical (unpaired) electrons. The summed E-state index contributed by atoms with van der Waals surface area (Å²) in [6, 6.07) is 15.8. The maximum atomic E-state index is 13.1. The van der Waals surface area contributed by atoms with E-state index in [1.807, 2.05) is 29.2 Å². The van der Waals surface area contributed by atoms with Crippen LogP contribution in [-0.4, -0.2) is 33.4 Å². The number of carbonyl (C=O) groups is 1. The van der Waals surface area contributed by atoms with Crippen molar-refractivity contribution in [3.8, 4) is 0 Å². The van der Waals surface area contributed by atoms with E-state index in [9.17, 15) is 9.59 Å². The van der Waals surface area contributed by atoms with E-state index >= 15 is 0 Å². The summed E-state index contributed by atoms with van der Waals surface area (Å²) in [5, 5.41) is 1.21. The number of pyridine rings is 1. The standard InChI is InChI=1S/C25H21Cl2N3O3/c26-19-6-7-22-21(13-19)28-24(33-22)16-9-11-29(12-10-16)25(32)18-5-8-23(31)30(15-18)14-17-3-1-2-4-20(17)27/h1-8,13,15-16H,9-12,14H2. The predicted molar refractivity (Wildman–Crippen MR) is 128 cm³/mol. The Morgan fingerprint density at radius 1 is 1.06 bits per heavy atom. The van der Waals surface area contributed by atoms with Crippen LogP contribution in [0, 0.1) is 0 Å². The van der Waals surface area contributed by atoms with Crippen LogP contribution in [0.2, 0.25) is 10.0 Å². The molecule has 0 bridgehead atoms. The minimum absolute atomic E-state index is 0.0919. The second-order valence-corrected chi connectivity index (χ2v) is 9.05. The van der Waals surface area contributed by atoms with Gasteiger partial charge in [-0.2, -0.15) is 0 Å². The molecule has 2 aromatic carbocycles. The number of halogens is 2. The van der Waals surface area contributed by atoms with Gasteiger partial charge in [-0.15, -0.1) is 0 Å². The van der Waals surface area contributed by atoms with E-state index in [1.165, 1.54) is 10.6 Å². The lowest BCUT2D eigenvalue weighted by Gasteiger charge is -2.30. The van der Waals surface area contributed by atoms with Crippen molar-refractivity contribution in [2.45, 2.75) is 25.3 Å². The minimum Gasteiger partial charge on any atom is -0.440 e. The number of oxazole rings is 1. The summed E-state index contributed by atoms with van der Waals surface area (Å²) >= 11 is 12.3. The molecule has 4 aromatic rings. The van der Waals surface area contributed by atoms with Gasteiger partial charge in [-0.05, 0) is 48.7 Å². The molecule has 5 rings (SSSR count). The van der Waals surface area contributed by atoms with Crippen LogP contribution in [0.3, 0.4) is 0 Å². The fourth-order valence-electron chi connectivity index (χ4n) is 4.20. The lowest BCUT2D eigenvalue weighted by molar-refractivity contribution is 0.0705. The molecule has 0 atom stereocenters. The van der Waals surface area contributed by atoms with E-state index in [0.29, 0.717) is 46.7 Å². The summed E-state index contributed by atoms with van der Waals surface area (Å²) in [4.78, 5) is 31.9. The van der Waals surface area contributed by atoms with Crippen molar-refractivity contribution in [1.82, 2.24) is 14.5 Å². The molecule has 6 nitrogen and oxygen atoms in total. The number of likely N-dealkylation sites (tertiary alicyclic amines) is 1. The topological polar surface area (TPSA) is 68.3 Å². The average molecular weight is 482 g/mol. The van der Waals surface area contributed by atoms with Crippen molar-refractivity contribution in [3.05, 3.63) is 98.2 Å². The number of hydrogen-bond donors (Lipinski definition) is 0. The van der Waals surface area contributed by atoms with Gasteiger partial charge in [0.1, 0.15) is 5.52 Å². The third-order valence-electron chi connectivity index (χ3n) is 6.03. The molecule has 1 amide bonds. The number of hydrogen-bond acceptors (Lipinski definition) is 4.